The topological polar surface area (TPSA) is 45.2 Å². The predicted octanol–water partition coefficient (Wildman–Crippen LogP) is 1.62. The van der Waals surface area contributed by atoms with Crippen molar-refractivity contribution in [2.24, 2.45) is 0 Å². The molecule has 2 aromatic rings. The van der Waals surface area contributed by atoms with E-state index < -0.39 is 0 Å². The monoisotopic (exact) mass is 281 g/mol. The molecule has 0 aliphatic carbocycles. The summed E-state index contributed by atoms with van der Waals surface area (Å²) in [6.45, 7) is 1.90. The van der Waals surface area contributed by atoms with Crippen LogP contribution < -0.4 is 5.32 Å². The number of hydrogen-bond acceptors (Lipinski definition) is 3. The second-order valence-corrected chi connectivity index (χ2v) is 5.32. The van der Waals surface area contributed by atoms with Gasteiger partial charge < -0.3 is 10.2 Å². The lowest BCUT2D eigenvalue weighted by molar-refractivity contribution is -0.135. The van der Waals surface area contributed by atoms with E-state index in [1.807, 2.05) is 41.3 Å². The molecule has 1 fully saturated rings. The molecule has 1 saturated heterocycles. The Hall–Kier alpha value is -2.20. The van der Waals surface area contributed by atoms with Gasteiger partial charge in [0.1, 0.15) is 0 Å². The van der Waals surface area contributed by atoms with Gasteiger partial charge in [0.2, 0.25) is 5.91 Å². The Morgan fingerprint density at radius 2 is 1.95 bits per heavy atom. The van der Waals surface area contributed by atoms with Gasteiger partial charge in [-0.05, 0) is 17.7 Å². The highest BCUT2D eigenvalue weighted by Gasteiger charge is 2.28. The molecule has 0 radical (unpaired) electrons. The van der Waals surface area contributed by atoms with Crippen molar-refractivity contribution in [1.82, 2.24) is 15.2 Å². The molecule has 4 nitrogen and oxygen atoms in total. The molecular weight excluding hydrogens is 262 g/mol. The summed E-state index contributed by atoms with van der Waals surface area (Å²) in [6.07, 6.45) is 2.58. The third kappa shape index (κ3) is 3.47. The zero-order valence-electron chi connectivity index (χ0n) is 11.9. The number of piperazine rings is 1. The van der Waals surface area contributed by atoms with Crippen molar-refractivity contribution >= 4 is 5.91 Å². The highest BCUT2D eigenvalue weighted by atomic mass is 16.2. The first kappa shape index (κ1) is 13.8. The van der Waals surface area contributed by atoms with Crippen molar-refractivity contribution in [2.75, 3.05) is 13.1 Å². The van der Waals surface area contributed by atoms with Crippen molar-refractivity contribution < 1.29 is 4.79 Å². The number of nitrogens with one attached hydrogen (secondary N) is 1. The van der Waals surface area contributed by atoms with Crippen molar-refractivity contribution in [3.8, 4) is 0 Å². The average molecular weight is 281 g/mol. The number of benzene rings is 1. The van der Waals surface area contributed by atoms with Gasteiger partial charge in [0.25, 0.3) is 0 Å². The molecule has 3 rings (SSSR count). The van der Waals surface area contributed by atoms with E-state index in [1.54, 1.807) is 6.20 Å². The Bertz CT molecular complexity index is 585. The van der Waals surface area contributed by atoms with Gasteiger partial charge in [-0.3, -0.25) is 9.78 Å². The summed E-state index contributed by atoms with van der Waals surface area (Å²) in [6, 6.07) is 16.2. The van der Waals surface area contributed by atoms with Crippen molar-refractivity contribution in [3.63, 3.8) is 0 Å². The number of aromatic nitrogens is 1. The Labute approximate surface area is 124 Å². The van der Waals surface area contributed by atoms with Gasteiger partial charge in [0, 0.05) is 31.4 Å². The quantitative estimate of drug-likeness (QED) is 0.926. The van der Waals surface area contributed by atoms with E-state index in [-0.39, 0.29) is 11.9 Å². The Morgan fingerprint density at radius 1 is 1.14 bits per heavy atom. The van der Waals surface area contributed by atoms with Crippen LogP contribution in [0.5, 0.6) is 0 Å². The maximum atomic E-state index is 12.2. The summed E-state index contributed by atoms with van der Waals surface area (Å²) in [7, 11) is 0. The highest BCUT2D eigenvalue weighted by Crippen LogP contribution is 2.14. The molecule has 1 aliphatic heterocycles. The maximum absolute atomic E-state index is 12.2. The van der Waals surface area contributed by atoms with Crippen molar-refractivity contribution in [2.45, 2.75) is 19.0 Å². The second-order valence-electron chi connectivity index (χ2n) is 5.32. The van der Waals surface area contributed by atoms with Crippen LogP contribution in [0.1, 0.15) is 11.3 Å². The molecule has 0 saturated carbocycles. The van der Waals surface area contributed by atoms with Gasteiger partial charge in [-0.2, -0.15) is 0 Å². The maximum Gasteiger partial charge on any atom is 0.237 e. The summed E-state index contributed by atoms with van der Waals surface area (Å²) in [5, 5.41) is 3.20. The molecule has 2 heterocycles. The Balaban J connectivity index is 1.75. The number of nitrogens with zero attached hydrogens (tertiary/aromatic N) is 2. The highest BCUT2D eigenvalue weighted by molar-refractivity contribution is 5.79. The van der Waals surface area contributed by atoms with E-state index in [0.717, 1.165) is 18.7 Å². The normalized spacial score (nSPS) is 18.8. The van der Waals surface area contributed by atoms with Crippen LogP contribution in [-0.4, -0.2) is 34.9 Å². The third-order valence-electron chi connectivity index (χ3n) is 3.78. The number of carbonyl (C=O) groups is 1. The molecule has 0 unspecified atom stereocenters. The Morgan fingerprint density at radius 3 is 2.71 bits per heavy atom. The summed E-state index contributed by atoms with van der Waals surface area (Å²) < 4.78 is 0. The zero-order valence-corrected chi connectivity index (χ0v) is 11.9. The molecule has 1 aromatic heterocycles. The predicted molar refractivity (Wildman–Crippen MR) is 81.6 cm³/mol. The average Bonchev–Trinajstić information content (AvgIpc) is 2.53. The van der Waals surface area contributed by atoms with E-state index in [1.165, 1.54) is 5.56 Å². The van der Waals surface area contributed by atoms with Gasteiger partial charge in [-0.15, -0.1) is 0 Å². The third-order valence-corrected chi connectivity index (χ3v) is 3.78. The number of pyridine rings is 1. The van der Waals surface area contributed by atoms with Crippen LogP contribution in [-0.2, 0) is 17.8 Å². The molecule has 1 N–H and O–H groups in total. The molecule has 0 bridgehead atoms. The smallest absolute Gasteiger partial charge is 0.237 e. The van der Waals surface area contributed by atoms with Gasteiger partial charge in [0.15, 0.2) is 0 Å². The molecule has 1 aromatic carbocycles. The standard InChI is InChI=1S/C17H19N3O/c21-17-12-18-11-16(10-15-8-4-5-9-19-15)20(17)13-14-6-2-1-3-7-14/h1-9,16,18H,10-13H2/t16-/m0/s1. The first-order valence-electron chi connectivity index (χ1n) is 7.27. The van der Waals surface area contributed by atoms with E-state index in [2.05, 4.69) is 22.4 Å². The van der Waals surface area contributed by atoms with Crippen LogP contribution >= 0.6 is 0 Å². The number of hydrogen-bond donors (Lipinski definition) is 1. The van der Waals surface area contributed by atoms with Crippen LogP contribution in [0.2, 0.25) is 0 Å². The molecule has 1 amide bonds. The second kappa shape index (κ2) is 6.50. The fourth-order valence-corrected chi connectivity index (χ4v) is 2.70. The minimum Gasteiger partial charge on any atom is -0.333 e. The van der Waals surface area contributed by atoms with Crippen LogP contribution in [0.25, 0.3) is 0 Å². The summed E-state index contributed by atoms with van der Waals surface area (Å²) in [4.78, 5) is 18.6. The first-order chi connectivity index (χ1) is 10.3. The van der Waals surface area contributed by atoms with Crippen molar-refractivity contribution in [1.29, 1.82) is 0 Å². The summed E-state index contributed by atoms with van der Waals surface area (Å²) in [5.41, 5.74) is 2.19. The van der Waals surface area contributed by atoms with Crippen LogP contribution in [0, 0.1) is 0 Å². The summed E-state index contributed by atoms with van der Waals surface area (Å²) >= 11 is 0. The molecule has 1 atom stereocenters. The van der Waals surface area contributed by atoms with Gasteiger partial charge in [0.05, 0.1) is 12.6 Å². The van der Waals surface area contributed by atoms with Crippen LogP contribution in [0.3, 0.4) is 0 Å². The van der Waals surface area contributed by atoms with Gasteiger partial charge in [-0.1, -0.05) is 36.4 Å². The van der Waals surface area contributed by atoms with E-state index >= 15 is 0 Å². The molecule has 1 aliphatic rings. The largest absolute Gasteiger partial charge is 0.333 e. The zero-order chi connectivity index (χ0) is 14.5. The molecule has 21 heavy (non-hydrogen) atoms. The lowest BCUT2D eigenvalue weighted by atomic mass is 10.1. The van der Waals surface area contributed by atoms with Gasteiger partial charge in [-0.25, -0.2) is 0 Å². The number of carbonyl (C=O) groups excluding carboxylic acids is 1. The lowest BCUT2D eigenvalue weighted by Crippen LogP contribution is -2.55. The minimum atomic E-state index is 0.154. The van der Waals surface area contributed by atoms with Gasteiger partial charge >= 0.3 is 0 Å². The van der Waals surface area contributed by atoms with Crippen LogP contribution in [0.4, 0.5) is 0 Å². The fraction of sp³-hybridized carbons (Fsp3) is 0.294. The SMILES string of the molecule is O=C1CNC[C@H](Cc2ccccn2)N1Cc1ccccc1. The number of rotatable bonds is 4. The Kier molecular flexibility index (Phi) is 4.26. The van der Waals surface area contributed by atoms with E-state index in [4.69, 9.17) is 0 Å². The van der Waals surface area contributed by atoms with E-state index in [9.17, 15) is 4.79 Å². The minimum absolute atomic E-state index is 0.154. The summed E-state index contributed by atoms with van der Waals surface area (Å²) in [5.74, 6) is 0.158. The first-order valence-corrected chi connectivity index (χ1v) is 7.27. The number of amides is 1. The molecule has 0 spiro atoms. The molecule has 4 heteroatoms. The van der Waals surface area contributed by atoms with Crippen molar-refractivity contribution in [3.05, 3.63) is 66.0 Å². The lowest BCUT2D eigenvalue weighted by Gasteiger charge is -2.36. The van der Waals surface area contributed by atoms with Crippen LogP contribution in [0.15, 0.2) is 54.7 Å². The molecule has 108 valence electrons. The molecular formula is C17H19N3O. The van der Waals surface area contributed by atoms with E-state index in [0.29, 0.717) is 13.1 Å². The fourth-order valence-electron chi connectivity index (χ4n) is 2.70.